The van der Waals surface area contributed by atoms with E-state index in [1.165, 1.54) is 18.4 Å². The van der Waals surface area contributed by atoms with Gasteiger partial charge in [0, 0.05) is 12.6 Å². The second-order valence-corrected chi connectivity index (χ2v) is 6.63. The first-order valence-corrected chi connectivity index (χ1v) is 8.44. The molecule has 20 heavy (non-hydrogen) atoms. The lowest BCUT2D eigenvalue weighted by atomic mass is 10.1. The third-order valence-corrected chi connectivity index (χ3v) is 5.30. The molecule has 2 aliphatic rings. The van der Waals surface area contributed by atoms with Crippen LogP contribution in [0.3, 0.4) is 0 Å². The smallest absolute Gasteiger partial charge is 0.241 e. The van der Waals surface area contributed by atoms with E-state index in [9.17, 15) is 4.79 Å². The average Bonchev–Trinajstić information content (AvgIpc) is 3.14. The van der Waals surface area contributed by atoms with Crippen molar-refractivity contribution in [1.82, 2.24) is 15.1 Å². The van der Waals surface area contributed by atoms with Crippen molar-refractivity contribution in [3.63, 3.8) is 0 Å². The number of rotatable bonds is 4. The average molecular weight is 293 g/mol. The fourth-order valence-electron chi connectivity index (χ4n) is 3.31. The topological polar surface area (TPSA) is 35.6 Å². The summed E-state index contributed by atoms with van der Waals surface area (Å²) in [6, 6.07) is 2.61. The second kappa shape index (κ2) is 5.84. The maximum Gasteiger partial charge on any atom is 0.241 e. The van der Waals surface area contributed by atoms with E-state index in [1.807, 2.05) is 0 Å². The monoisotopic (exact) mass is 293 g/mol. The molecular formula is C15H23N3OS. The highest BCUT2D eigenvalue weighted by Gasteiger charge is 2.40. The zero-order chi connectivity index (χ0) is 14.1. The maximum atomic E-state index is 12.6. The molecule has 3 heterocycles. The number of carbonyl (C=O) groups is 1. The molecule has 1 aromatic rings. The molecule has 2 aliphatic heterocycles. The summed E-state index contributed by atoms with van der Waals surface area (Å²) < 4.78 is 0. The van der Waals surface area contributed by atoms with E-state index in [0.717, 1.165) is 19.5 Å². The Morgan fingerprint density at radius 2 is 2.35 bits per heavy atom. The molecule has 5 heteroatoms. The van der Waals surface area contributed by atoms with E-state index in [2.05, 4.69) is 45.9 Å². The van der Waals surface area contributed by atoms with Crippen molar-refractivity contribution in [1.29, 1.82) is 0 Å². The summed E-state index contributed by atoms with van der Waals surface area (Å²) in [5.41, 5.74) is 1.22. The summed E-state index contributed by atoms with van der Waals surface area (Å²) in [7, 11) is 2.17. The molecule has 1 N–H and O–H groups in total. The minimum absolute atomic E-state index is 0.0217. The number of carbonyl (C=O) groups excluding carboxylic acids is 1. The molecule has 0 spiro atoms. The third kappa shape index (κ3) is 2.50. The van der Waals surface area contributed by atoms with Crippen LogP contribution in [0, 0.1) is 0 Å². The van der Waals surface area contributed by atoms with Gasteiger partial charge in [0.05, 0.1) is 6.04 Å². The van der Waals surface area contributed by atoms with Crippen LogP contribution in [0.1, 0.15) is 37.9 Å². The highest BCUT2D eigenvalue weighted by atomic mass is 32.1. The molecule has 3 atom stereocenters. The zero-order valence-electron chi connectivity index (χ0n) is 12.2. The molecule has 1 amide bonds. The Hall–Kier alpha value is -0.910. The molecule has 3 rings (SSSR count). The van der Waals surface area contributed by atoms with Crippen molar-refractivity contribution in [3.8, 4) is 0 Å². The van der Waals surface area contributed by atoms with Gasteiger partial charge < -0.3 is 9.80 Å². The standard InChI is InChI=1S/C15H23N3OS/c1-3-13-15(19)18(9-12-5-4-7-17(12)2)14(16-13)11-6-8-20-10-11/h6,8,10,12-14,16H,3-5,7,9H2,1-2H3. The molecule has 0 aromatic carbocycles. The summed E-state index contributed by atoms with van der Waals surface area (Å²) in [5, 5.41) is 7.73. The van der Waals surface area contributed by atoms with Crippen molar-refractivity contribution < 1.29 is 4.79 Å². The molecule has 2 saturated heterocycles. The van der Waals surface area contributed by atoms with Crippen molar-refractivity contribution in [2.45, 2.75) is 44.4 Å². The quantitative estimate of drug-likeness (QED) is 0.923. The largest absolute Gasteiger partial charge is 0.320 e. The molecule has 0 saturated carbocycles. The first kappa shape index (κ1) is 14.0. The maximum absolute atomic E-state index is 12.6. The molecule has 4 nitrogen and oxygen atoms in total. The fraction of sp³-hybridized carbons (Fsp3) is 0.667. The number of likely N-dealkylation sites (tertiary alicyclic amines) is 1. The second-order valence-electron chi connectivity index (χ2n) is 5.85. The van der Waals surface area contributed by atoms with Crippen LogP contribution in [0.5, 0.6) is 0 Å². The summed E-state index contributed by atoms with van der Waals surface area (Å²) in [5.74, 6) is 0.268. The Kier molecular flexibility index (Phi) is 4.10. The summed E-state index contributed by atoms with van der Waals surface area (Å²) in [6.07, 6.45) is 3.37. The Morgan fingerprint density at radius 1 is 1.50 bits per heavy atom. The van der Waals surface area contributed by atoms with Gasteiger partial charge in [-0.05, 0) is 55.2 Å². The number of thiophene rings is 1. The van der Waals surface area contributed by atoms with Crippen molar-refractivity contribution >= 4 is 17.2 Å². The Bertz CT molecular complexity index is 462. The van der Waals surface area contributed by atoms with Crippen LogP contribution in [0.4, 0.5) is 0 Å². The predicted molar refractivity (Wildman–Crippen MR) is 81.6 cm³/mol. The highest BCUT2D eigenvalue weighted by Crippen LogP contribution is 2.29. The number of nitrogens with one attached hydrogen (secondary N) is 1. The Morgan fingerprint density at radius 3 is 2.95 bits per heavy atom. The van der Waals surface area contributed by atoms with Gasteiger partial charge in [0.25, 0.3) is 0 Å². The summed E-state index contributed by atoms with van der Waals surface area (Å²) in [6.45, 7) is 4.07. The van der Waals surface area contributed by atoms with Gasteiger partial charge in [0.15, 0.2) is 0 Å². The van der Waals surface area contributed by atoms with Gasteiger partial charge in [-0.15, -0.1) is 0 Å². The zero-order valence-corrected chi connectivity index (χ0v) is 13.0. The first-order chi connectivity index (χ1) is 9.70. The Balaban J connectivity index is 1.79. The van der Waals surface area contributed by atoms with Crippen LogP contribution in [-0.2, 0) is 4.79 Å². The lowest BCUT2D eigenvalue weighted by Crippen LogP contribution is -2.41. The van der Waals surface area contributed by atoms with Crippen LogP contribution in [-0.4, -0.2) is 47.9 Å². The van der Waals surface area contributed by atoms with E-state index in [1.54, 1.807) is 11.3 Å². The molecule has 3 unspecified atom stereocenters. The van der Waals surface area contributed by atoms with Gasteiger partial charge in [-0.25, -0.2) is 0 Å². The van der Waals surface area contributed by atoms with Gasteiger partial charge in [-0.2, -0.15) is 11.3 Å². The normalized spacial score (nSPS) is 31.4. The molecule has 0 bridgehead atoms. The predicted octanol–water partition coefficient (Wildman–Crippen LogP) is 2.05. The third-order valence-electron chi connectivity index (χ3n) is 4.60. The molecule has 110 valence electrons. The van der Waals surface area contributed by atoms with Crippen molar-refractivity contribution in [2.75, 3.05) is 20.1 Å². The van der Waals surface area contributed by atoms with Crippen LogP contribution in [0.2, 0.25) is 0 Å². The number of nitrogens with zero attached hydrogens (tertiary/aromatic N) is 2. The number of amides is 1. The fourth-order valence-corrected chi connectivity index (χ4v) is 3.99. The van der Waals surface area contributed by atoms with Crippen LogP contribution in [0.25, 0.3) is 0 Å². The van der Waals surface area contributed by atoms with Crippen LogP contribution < -0.4 is 5.32 Å². The number of hydrogen-bond donors (Lipinski definition) is 1. The molecule has 1 aromatic heterocycles. The lowest BCUT2D eigenvalue weighted by molar-refractivity contribution is -0.130. The molecular weight excluding hydrogens is 270 g/mol. The van der Waals surface area contributed by atoms with E-state index < -0.39 is 0 Å². The lowest BCUT2D eigenvalue weighted by Gasteiger charge is -2.29. The first-order valence-electron chi connectivity index (χ1n) is 7.49. The van der Waals surface area contributed by atoms with Crippen molar-refractivity contribution in [2.24, 2.45) is 0 Å². The van der Waals surface area contributed by atoms with E-state index >= 15 is 0 Å². The van der Waals surface area contributed by atoms with E-state index in [4.69, 9.17) is 0 Å². The van der Waals surface area contributed by atoms with Gasteiger partial charge in [0.1, 0.15) is 6.17 Å². The molecule has 2 fully saturated rings. The van der Waals surface area contributed by atoms with Gasteiger partial charge in [-0.1, -0.05) is 6.92 Å². The van der Waals surface area contributed by atoms with Gasteiger partial charge in [-0.3, -0.25) is 10.1 Å². The highest BCUT2D eigenvalue weighted by molar-refractivity contribution is 7.07. The molecule has 0 radical (unpaired) electrons. The SMILES string of the molecule is CCC1NC(c2ccsc2)N(CC2CCCN2C)C1=O. The summed E-state index contributed by atoms with van der Waals surface area (Å²) in [4.78, 5) is 17.0. The van der Waals surface area contributed by atoms with Crippen molar-refractivity contribution in [3.05, 3.63) is 22.4 Å². The van der Waals surface area contributed by atoms with Crippen LogP contribution >= 0.6 is 11.3 Å². The van der Waals surface area contributed by atoms with Crippen LogP contribution in [0.15, 0.2) is 16.8 Å². The van der Waals surface area contributed by atoms with Gasteiger partial charge >= 0.3 is 0 Å². The van der Waals surface area contributed by atoms with E-state index in [-0.39, 0.29) is 18.1 Å². The van der Waals surface area contributed by atoms with E-state index in [0.29, 0.717) is 6.04 Å². The minimum Gasteiger partial charge on any atom is -0.320 e. The number of hydrogen-bond acceptors (Lipinski definition) is 4. The number of likely N-dealkylation sites (N-methyl/N-ethyl adjacent to an activating group) is 1. The summed E-state index contributed by atoms with van der Waals surface area (Å²) >= 11 is 1.69. The Labute approximate surface area is 124 Å². The molecule has 0 aliphatic carbocycles. The minimum atomic E-state index is -0.0217. The van der Waals surface area contributed by atoms with Gasteiger partial charge in [0.2, 0.25) is 5.91 Å².